The molecule has 0 spiro atoms. The number of hydrogen-bond donors (Lipinski definition) is 0. The lowest BCUT2D eigenvalue weighted by molar-refractivity contribution is 0.0464. The quantitative estimate of drug-likeness (QED) is 0.523. The SMILES string of the molecule is O=C1OC[C@H](COc2ccccc2)N1CCC1CCN(C[C@H]2COc3ccccc3O2)CC1.S.S. The Bertz CT molecular complexity index is 927. The maximum atomic E-state index is 12.2. The second-order valence-corrected chi connectivity index (χ2v) is 9.08. The van der Waals surface area contributed by atoms with Gasteiger partial charge >= 0.3 is 6.09 Å². The van der Waals surface area contributed by atoms with Crippen molar-refractivity contribution < 1.29 is 23.7 Å². The molecule has 0 aromatic heterocycles. The van der Waals surface area contributed by atoms with E-state index in [0.29, 0.717) is 25.7 Å². The van der Waals surface area contributed by atoms with Crippen molar-refractivity contribution in [2.75, 3.05) is 46.0 Å². The highest BCUT2D eigenvalue weighted by molar-refractivity contribution is 7.59. The molecule has 192 valence electrons. The van der Waals surface area contributed by atoms with Gasteiger partial charge in [0.25, 0.3) is 0 Å². The maximum absolute atomic E-state index is 12.2. The van der Waals surface area contributed by atoms with E-state index in [1.807, 2.05) is 59.5 Å². The molecule has 0 bridgehead atoms. The zero-order chi connectivity index (χ0) is 22.5. The third-order valence-electron chi connectivity index (χ3n) is 6.77. The number of cyclic esters (lactones) is 1. The lowest BCUT2D eigenvalue weighted by Gasteiger charge is -2.36. The fourth-order valence-electron chi connectivity index (χ4n) is 4.83. The standard InChI is InChI=1S/C26H32N2O5.2H2S/c29-26-28(21(18-32-26)17-30-22-6-2-1-3-7-22)15-12-20-10-13-27(14-11-20)16-23-19-31-24-8-4-5-9-25(24)33-23;;/h1-9,20-21,23H,10-19H2;2*1H2/t21-,23-;;/m0../s1. The predicted molar refractivity (Wildman–Crippen MR) is 145 cm³/mol. The molecule has 2 aromatic rings. The van der Waals surface area contributed by atoms with Gasteiger partial charge in [-0.1, -0.05) is 30.3 Å². The minimum atomic E-state index is -0.219. The summed E-state index contributed by atoms with van der Waals surface area (Å²) >= 11 is 0. The second-order valence-electron chi connectivity index (χ2n) is 9.08. The van der Waals surface area contributed by atoms with E-state index in [9.17, 15) is 4.79 Å². The molecule has 3 aliphatic heterocycles. The van der Waals surface area contributed by atoms with Gasteiger partial charge in [0.1, 0.15) is 37.7 Å². The largest absolute Gasteiger partial charge is 0.491 e. The van der Waals surface area contributed by atoms with Crippen LogP contribution in [0.2, 0.25) is 0 Å². The normalized spacial score (nSPS) is 22.1. The van der Waals surface area contributed by atoms with Gasteiger partial charge in [-0.25, -0.2) is 4.79 Å². The van der Waals surface area contributed by atoms with Crippen molar-refractivity contribution in [1.82, 2.24) is 9.80 Å². The van der Waals surface area contributed by atoms with Gasteiger partial charge in [0.05, 0.1) is 0 Å². The van der Waals surface area contributed by atoms with Crippen LogP contribution in [0.3, 0.4) is 0 Å². The number of likely N-dealkylation sites (tertiary alicyclic amines) is 1. The molecule has 35 heavy (non-hydrogen) atoms. The maximum Gasteiger partial charge on any atom is 0.410 e. The van der Waals surface area contributed by atoms with Gasteiger partial charge in [-0.15, -0.1) is 0 Å². The average molecular weight is 521 g/mol. The number of amides is 1. The Hall–Kier alpha value is -2.23. The number of carbonyl (C=O) groups is 1. The van der Waals surface area contributed by atoms with Crippen LogP contribution in [0.1, 0.15) is 19.3 Å². The molecule has 7 nitrogen and oxygen atoms in total. The third kappa shape index (κ3) is 7.15. The van der Waals surface area contributed by atoms with Crippen LogP contribution in [0.4, 0.5) is 4.79 Å². The number of para-hydroxylation sites is 3. The van der Waals surface area contributed by atoms with Gasteiger partial charge in [-0.2, -0.15) is 27.0 Å². The first-order chi connectivity index (χ1) is 16.2. The van der Waals surface area contributed by atoms with E-state index >= 15 is 0 Å². The van der Waals surface area contributed by atoms with E-state index in [0.717, 1.165) is 62.7 Å². The monoisotopic (exact) mass is 520 g/mol. The van der Waals surface area contributed by atoms with Crippen LogP contribution >= 0.6 is 27.0 Å². The van der Waals surface area contributed by atoms with Gasteiger partial charge in [-0.3, -0.25) is 9.80 Å². The van der Waals surface area contributed by atoms with E-state index in [1.54, 1.807) is 0 Å². The first-order valence-electron chi connectivity index (χ1n) is 12.0. The van der Waals surface area contributed by atoms with Crippen molar-refractivity contribution >= 4 is 33.1 Å². The minimum absolute atomic E-state index is 0. The molecule has 0 unspecified atom stereocenters. The molecule has 2 aromatic carbocycles. The molecule has 0 N–H and O–H groups in total. The van der Waals surface area contributed by atoms with Gasteiger partial charge in [0.2, 0.25) is 0 Å². The number of hydrogen-bond acceptors (Lipinski definition) is 6. The zero-order valence-corrected chi connectivity index (χ0v) is 21.9. The molecule has 0 aliphatic carbocycles. The number of nitrogens with zero attached hydrogens (tertiary/aromatic N) is 2. The summed E-state index contributed by atoms with van der Waals surface area (Å²) in [6.07, 6.45) is 3.13. The molecule has 2 atom stereocenters. The van der Waals surface area contributed by atoms with Gasteiger partial charge in [-0.05, 0) is 62.5 Å². The number of ether oxygens (including phenoxy) is 4. The number of benzene rings is 2. The average Bonchev–Trinajstić information content (AvgIpc) is 3.22. The van der Waals surface area contributed by atoms with Crippen molar-refractivity contribution in [3.8, 4) is 17.2 Å². The Morgan fingerprint density at radius 3 is 2.37 bits per heavy atom. The smallest absolute Gasteiger partial charge is 0.410 e. The van der Waals surface area contributed by atoms with Crippen LogP contribution in [-0.2, 0) is 4.74 Å². The van der Waals surface area contributed by atoms with Crippen LogP contribution in [0, 0.1) is 5.92 Å². The topological polar surface area (TPSA) is 60.5 Å². The van der Waals surface area contributed by atoms with Crippen molar-refractivity contribution in [2.24, 2.45) is 5.92 Å². The predicted octanol–water partition coefficient (Wildman–Crippen LogP) is 4.05. The molecular weight excluding hydrogens is 484 g/mol. The molecule has 3 aliphatic rings. The summed E-state index contributed by atoms with van der Waals surface area (Å²) in [4.78, 5) is 16.6. The van der Waals surface area contributed by atoms with E-state index in [2.05, 4.69) is 4.90 Å². The van der Waals surface area contributed by atoms with Gasteiger partial charge in [0.15, 0.2) is 11.5 Å². The highest BCUT2D eigenvalue weighted by Crippen LogP contribution is 2.31. The molecule has 0 saturated carbocycles. The number of rotatable bonds is 8. The first-order valence-corrected chi connectivity index (χ1v) is 12.0. The Morgan fingerprint density at radius 2 is 1.60 bits per heavy atom. The second kappa shape index (κ2) is 13.2. The van der Waals surface area contributed by atoms with E-state index in [-0.39, 0.29) is 45.2 Å². The van der Waals surface area contributed by atoms with Crippen molar-refractivity contribution in [2.45, 2.75) is 31.4 Å². The highest BCUT2D eigenvalue weighted by atomic mass is 32.1. The van der Waals surface area contributed by atoms with Gasteiger partial charge in [0, 0.05) is 13.1 Å². The first kappa shape index (κ1) is 27.4. The summed E-state index contributed by atoms with van der Waals surface area (Å²) in [6.45, 7) is 5.17. The van der Waals surface area contributed by atoms with Crippen LogP contribution in [0.15, 0.2) is 54.6 Å². The molecule has 1 amide bonds. The summed E-state index contributed by atoms with van der Waals surface area (Å²) in [5.41, 5.74) is 0. The zero-order valence-electron chi connectivity index (χ0n) is 19.9. The highest BCUT2D eigenvalue weighted by Gasteiger charge is 2.34. The van der Waals surface area contributed by atoms with Crippen molar-refractivity contribution in [3.05, 3.63) is 54.6 Å². The third-order valence-corrected chi connectivity index (χ3v) is 6.77. The lowest BCUT2D eigenvalue weighted by Crippen LogP contribution is -2.44. The number of carbonyl (C=O) groups excluding carboxylic acids is 1. The number of piperidine rings is 1. The van der Waals surface area contributed by atoms with Gasteiger partial charge < -0.3 is 18.9 Å². The molecule has 9 heteroatoms. The summed E-state index contributed by atoms with van der Waals surface area (Å²) in [7, 11) is 0. The van der Waals surface area contributed by atoms with Crippen molar-refractivity contribution in [1.29, 1.82) is 0 Å². The molecule has 2 fully saturated rings. The summed E-state index contributed by atoms with van der Waals surface area (Å²) in [5, 5.41) is 0. The molecule has 5 rings (SSSR count). The molecular formula is C26H36N2O5S2. The fourth-order valence-corrected chi connectivity index (χ4v) is 4.83. The Balaban J connectivity index is 0.00000171. The van der Waals surface area contributed by atoms with E-state index < -0.39 is 0 Å². The number of fused-ring (bicyclic) bond motifs is 1. The molecule has 3 heterocycles. The molecule has 2 saturated heterocycles. The van der Waals surface area contributed by atoms with E-state index in [4.69, 9.17) is 18.9 Å². The molecule has 0 radical (unpaired) electrons. The lowest BCUT2D eigenvalue weighted by atomic mass is 9.93. The Labute approximate surface area is 221 Å². The Kier molecular flexibility index (Phi) is 10.3. The van der Waals surface area contributed by atoms with Crippen molar-refractivity contribution in [3.63, 3.8) is 0 Å². The summed E-state index contributed by atoms with van der Waals surface area (Å²) in [5.74, 6) is 3.11. The van der Waals surface area contributed by atoms with Crippen LogP contribution in [-0.4, -0.2) is 74.0 Å². The summed E-state index contributed by atoms with van der Waals surface area (Å²) < 4.78 is 23.1. The van der Waals surface area contributed by atoms with Crippen LogP contribution in [0.25, 0.3) is 0 Å². The van der Waals surface area contributed by atoms with Crippen LogP contribution < -0.4 is 14.2 Å². The fraction of sp³-hybridized carbons (Fsp3) is 0.500. The minimum Gasteiger partial charge on any atom is -0.491 e. The summed E-state index contributed by atoms with van der Waals surface area (Å²) in [6, 6.07) is 17.5. The van der Waals surface area contributed by atoms with E-state index in [1.165, 1.54) is 0 Å². The Morgan fingerprint density at radius 1 is 0.886 bits per heavy atom. The van der Waals surface area contributed by atoms with Crippen LogP contribution in [0.5, 0.6) is 17.2 Å².